The van der Waals surface area contributed by atoms with E-state index in [-0.39, 0.29) is 5.91 Å². The quantitative estimate of drug-likeness (QED) is 0.252. The summed E-state index contributed by atoms with van der Waals surface area (Å²) >= 11 is 0. The van der Waals surface area contributed by atoms with E-state index in [2.05, 4.69) is 35.0 Å². The average molecular weight is 480 g/mol. The fourth-order valence-electron chi connectivity index (χ4n) is 4.51. The Morgan fingerprint density at radius 1 is 0.914 bits per heavy atom. The number of hydrogen-bond donors (Lipinski definition) is 1. The van der Waals surface area contributed by atoms with Crippen molar-refractivity contribution in [2.45, 2.75) is 77.7 Å². The Labute approximate surface area is 210 Å². The number of unbranched alkanes of at least 4 members (excludes halogenated alkanes) is 6. The molecule has 190 valence electrons. The van der Waals surface area contributed by atoms with E-state index >= 15 is 0 Å². The molecule has 6 nitrogen and oxygen atoms in total. The van der Waals surface area contributed by atoms with E-state index in [9.17, 15) is 4.79 Å². The standard InChI is InChI=1S/C29H41N3O3/c1-4-5-6-7-8-9-12-20-32-25-15-11-10-14-24(25)31-28(32)16-13-19-30-29(33)22-23-17-18-26(34-2)27(21-23)35-3/h10-11,14-15,17-18,21H,4-9,12-13,16,19-20,22H2,1-3H3,(H,30,33). The van der Waals surface area contributed by atoms with Crippen LogP contribution in [0.2, 0.25) is 0 Å². The topological polar surface area (TPSA) is 65.4 Å². The number of benzene rings is 2. The number of fused-ring (bicyclic) bond motifs is 1. The van der Waals surface area contributed by atoms with Crippen LogP contribution in [0.1, 0.15) is 69.7 Å². The van der Waals surface area contributed by atoms with Crippen molar-refractivity contribution in [3.63, 3.8) is 0 Å². The minimum absolute atomic E-state index is 0.00814. The fraction of sp³-hybridized carbons (Fsp3) is 0.517. The predicted molar refractivity (Wildman–Crippen MR) is 142 cm³/mol. The van der Waals surface area contributed by atoms with E-state index in [1.54, 1.807) is 14.2 Å². The Morgan fingerprint density at radius 3 is 2.43 bits per heavy atom. The van der Waals surface area contributed by atoms with E-state index in [1.807, 2.05) is 24.3 Å². The first kappa shape index (κ1) is 26.6. The molecule has 0 bridgehead atoms. The molecule has 35 heavy (non-hydrogen) atoms. The summed E-state index contributed by atoms with van der Waals surface area (Å²) < 4.78 is 13.0. The summed E-state index contributed by atoms with van der Waals surface area (Å²) in [6.45, 7) is 3.90. The first-order valence-corrected chi connectivity index (χ1v) is 13.1. The number of nitrogens with zero attached hydrogens (tertiary/aromatic N) is 2. The van der Waals surface area contributed by atoms with Gasteiger partial charge < -0.3 is 19.4 Å². The van der Waals surface area contributed by atoms with E-state index in [0.29, 0.717) is 24.5 Å². The van der Waals surface area contributed by atoms with Crippen molar-refractivity contribution in [2.75, 3.05) is 20.8 Å². The molecule has 1 amide bonds. The molecule has 0 atom stereocenters. The van der Waals surface area contributed by atoms with Gasteiger partial charge in [-0.25, -0.2) is 4.98 Å². The normalized spacial score (nSPS) is 11.1. The first-order valence-electron chi connectivity index (χ1n) is 13.1. The summed E-state index contributed by atoms with van der Waals surface area (Å²) in [5.41, 5.74) is 3.17. The molecule has 2 aromatic carbocycles. The van der Waals surface area contributed by atoms with Crippen LogP contribution in [0.5, 0.6) is 11.5 Å². The van der Waals surface area contributed by atoms with Crippen molar-refractivity contribution in [3.05, 3.63) is 53.9 Å². The molecular weight excluding hydrogens is 438 g/mol. The van der Waals surface area contributed by atoms with Crippen molar-refractivity contribution in [1.82, 2.24) is 14.9 Å². The number of aryl methyl sites for hydroxylation is 2. The molecule has 1 aromatic heterocycles. The molecule has 0 unspecified atom stereocenters. The number of ether oxygens (including phenoxy) is 2. The van der Waals surface area contributed by atoms with Gasteiger partial charge in [0.2, 0.25) is 5.91 Å². The molecule has 3 rings (SSSR count). The van der Waals surface area contributed by atoms with Crippen LogP contribution in [0.3, 0.4) is 0 Å². The fourth-order valence-corrected chi connectivity index (χ4v) is 4.51. The van der Waals surface area contributed by atoms with E-state index in [1.165, 1.54) is 50.5 Å². The van der Waals surface area contributed by atoms with Gasteiger partial charge in [0.25, 0.3) is 0 Å². The number of nitrogens with one attached hydrogen (secondary N) is 1. The minimum Gasteiger partial charge on any atom is -0.493 e. The molecule has 0 saturated heterocycles. The van der Waals surface area contributed by atoms with Gasteiger partial charge in [0.15, 0.2) is 11.5 Å². The number of methoxy groups -OCH3 is 2. The molecule has 0 radical (unpaired) electrons. The van der Waals surface area contributed by atoms with Gasteiger partial charge in [-0.05, 0) is 42.7 Å². The van der Waals surface area contributed by atoms with Gasteiger partial charge in [-0.1, -0.05) is 63.6 Å². The summed E-state index contributed by atoms with van der Waals surface area (Å²) in [5.74, 6) is 2.42. The lowest BCUT2D eigenvalue weighted by Crippen LogP contribution is -2.26. The summed E-state index contributed by atoms with van der Waals surface area (Å²) in [4.78, 5) is 17.3. The van der Waals surface area contributed by atoms with Crippen molar-refractivity contribution in [2.24, 2.45) is 0 Å². The largest absolute Gasteiger partial charge is 0.493 e. The van der Waals surface area contributed by atoms with Gasteiger partial charge in [-0.2, -0.15) is 0 Å². The molecule has 6 heteroatoms. The monoisotopic (exact) mass is 479 g/mol. The minimum atomic E-state index is 0.00814. The van der Waals surface area contributed by atoms with Crippen molar-refractivity contribution >= 4 is 16.9 Å². The van der Waals surface area contributed by atoms with Crippen molar-refractivity contribution in [3.8, 4) is 11.5 Å². The Morgan fingerprint density at radius 2 is 1.66 bits per heavy atom. The number of rotatable bonds is 16. The first-order chi connectivity index (χ1) is 17.2. The molecule has 0 aliphatic carbocycles. The van der Waals surface area contributed by atoms with Gasteiger partial charge in [0, 0.05) is 19.5 Å². The van der Waals surface area contributed by atoms with E-state index in [0.717, 1.165) is 36.3 Å². The molecule has 0 spiro atoms. The predicted octanol–water partition coefficient (Wildman–Crippen LogP) is 6.10. The molecule has 0 fully saturated rings. The third-order valence-electron chi connectivity index (χ3n) is 6.43. The van der Waals surface area contributed by atoms with Crippen LogP contribution in [0.15, 0.2) is 42.5 Å². The number of imidazole rings is 1. The second kappa shape index (κ2) is 14.4. The maximum Gasteiger partial charge on any atom is 0.224 e. The van der Waals surface area contributed by atoms with Gasteiger partial charge in [0.1, 0.15) is 5.82 Å². The number of aromatic nitrogens is 2. The number of carbonyl (C=O) groups is 1. The highest BCUT2D eigenvalue weighted by molar-refractivity contribution is 5.78. The molecule has 0 saturated carbocycles. The summed E-state index contributed by atoms with van der Waals surface area (Å²) in [6, 6.07) is 14.0. The van der Waals surface area contributed by atoms with Gasteiger partial charge in [-0.15, -0.1) is 0 Å². The van der Waals surface area contributed by atoms with Crippen molar-refractivity contribution in [1.29, 1.82) is 0 Å². The van der Waals surface area contributed by atoms with Crippen molar-refractivity contribution < 1.29 is 14.3 Å². The highest BCUT2D eigenvalue weighted by Gasteiger charge is 2.11. The zero-order valence-electron chi connectivity index (χ0n) is 21.6. The number of para-hydroxylation sites is 2. The highest BCUT2D eigenvalue weighted by Crippen LogP contribution is 2.27. The molecule has 1 heterocycles. The number of carbonyl (C=O) groups excluding carboxylic acids is 1. The maximum atomic E-state index is 12.5. The van der Waals surface area contributed by atoms with Crippen LogP contribution in [0.4, 0.5) is 0 Å². The van der Waals surface area contributed by atoms with Crippen LogP contribution >= 0.6 is 0 Å². The Hall–Kier alpha value is -3.02. The van der Waals surface area contributed by atoms with E-state index < -0.39 is 0 Å². The Kier molecular flexibility index (Phi) is 10.9. The van der Waals surface area contributed by atoms with Crippen LogP contribution in [0, 0.1) is 0 Å². The third-order valence-corrected chi connectivity index (χ3v) is 6.43. The van der Waals surface area contributed by atoms with Crippen LogP contribution in [-0.4, -0.2) is 36.2 Å². The van der Waals surface area contributed by atoms with Crippen LogP contribution in [-0.2, 0) is 24.2 Å². The molecule has 1 N–H and O–H groups in total. The van der Waals surface area contributed by atoms with Gasteiger partial charge >= 0.3 is 0 Å². The molecule has 0 aliphatic rings. The summed E-state index contributed by atoms with van der Waals surface area (Å²) in [6.07, 6.45) is 11.1. The third kappa shape index (κ3) is 8.01. The van der Waals surface area contributed by atoms with E-state index in [4.69, 9.17) is 14.5 Å². The lowest BCUT2D eigenvalue weighted by Gasteiger charge is -2.11. The summed E-state index contributed by atoms with van der Waals surface area (Å²) in [7, 11) is 3.20. The number of amides is 1. The van der Waals surface area contributed by atoms with Gasteiger partial charge in [0.05, 0.1) is 31.7 Å². The second-order valence-corrected chi connectivity index (χ2v) is 9.11. The Balaban J connectivity index is 1.48. The maximum absolute atomic E-state index is 12.5. The second-order valence-electron chi connectivity index (χ2n) is 9.11. The highest BCUT2D eigenvalue weighted by atomic mass is 16.5. The molecule has 3 aromatic rings. The lowest BCUT2D eigenvalue weighted by molar-refractivity contribution is -0.120. The molecular formula is C29H41N3O3. The van der Waals surface area contributed by atoms with Crippen LogP contribution in [0.25, 0.3) is 11.0 Å². The van der Waals surface area contributed by atoms with Gasteiger partial charge in [-0.3, -0.25) is 4.79 Å². The Bertz CT molecular complexity index is 1060. The zero-order chi connectivity index (χ0) is 24.9. The zero-order valence-corrected chi connectivity index (χ0v) is 21.6. The lowest BCUT2D eigenvalue weighted by atomic mass is 10.1. The SMILES string of the molecule is CCCCCCCCCn1c(CCCNC(=O)Cc2ccc(OC)c(OC)c2)nc2ccccc21. The smallest absolute Gasteiger partial charge is 0.224 e. The number of hydrogen-bond acceptors (Lipinski definition) is 4. The molecule has 0 aliphatic heterocycles. The summed E-state index contributed by atoms with van der Waals surface area (Å²) in [5, 5.41) is 3.05. The average Bonchev–Trinajstić information content (AvgIpc) is 3.23. The van der Waals surface area contributed by atoms with Crippen LogP contribution < -0.4 is 14.8 Å².